The van der Waals surface area contributed by atoms with Gasteiger partial charge < -0.3 is 5.32 Å². The van der Waals surface area contributed by atoms with E-state index in [0.29, 0.717) is 11.4 Å². The van der Waals surface area contributed by atoms with Crippen molar-refractivity contribution in [2.75, 3.05) is 21.0 Å². The number of aryl methyl sites for hydroxylation is 1. The van der Waals surface area contributed by atoms with Gasteiger partial charge in [-0.05, 0) is 55.5 Å². The molecular formula is C19H19N5O5S2. The molecular weight excluding hydrogens is 442 g/mol. The van der Waals surface area contributed by atoms with E-state index in [0.717, 1.165) is 6.26 Å². The molecule has 0 atom stereocenters. The molecule has 0 aliphatic carbocycles. The van der Waals surface area contributed by atoms with Crippen LogP contribution in [0.1, 0.15) is 16.1 Å². The van der Waals surface area contributed by atoms with Crippen molar-refractivity contribution in [1.29, 1.82) is 0 Å². The van der Waals surface area contributed by atoms with Crippen molar-refractivity contribution in [3.05, 3.63) is 72.1 Å². The van der Waals surface area contributed by atoms with E-state index in [1.54, 1.807) is 13.0 Å². The first kappa shape index (κ1) is 22.2. The molecule has 10 nitrogen and oxygen atoms in total. The number of nitrogens with one attached hydrogen (secondary N) is 3. The molecule has 3 rings (SSSR count). The lowest BCUT2D eigenvalue weighted by Gasteiger charge is -2.10. The molecule has 12 heteroatoms. The molecule has 0 saturated heterocycles. The van der Waals surface area contributed by atoms with Crippen molar-refractivity contribution in [3.63, 3.8) is 0 Å². The molecule has 2 aromatic carbocycles. The Kier molecular flexibility index (Phi) is 6.22. The van der Waals surface area contributed by atoms with Crippen LogP contribution in [0.3, 0.4) is 0 Å². The highest BCUT2D eigenvalue weighted by atomic mass is 32.2. The minimum Gasteiger partial charge on any atom is -0.322 e. The molecule has 3 N–H and O–H groups in total. The summed E-state index contributed by atoms with van der Waals surface area (Å²) in [5.74, 6) is -0.529. The number of carbonyl (C=O) groups excluding carboxylic acids is 1. The smallest absolute Gasteiger partial charge is 0.264 e. The third-order valence-corrected chi connectivity index (χ3v) is 5.82. The second-order valence-corrected chi connectivity index (χ2v) is 9.99. The summed E-state index contributed by atoms with van der Waals surface area (Å²) in [5.41, 5.74) is 1.45. The van der Waals surface area contributed by atoms with Crippen LogP contribution in [0.4, 0.5) is 17.3 Å². The molecule has 0 bridgehead atoms. The molecule has 0 aliphatic heterocycles. The van der Waals surface area contributed by atoms with Crippen molar-refractivity contribution in [1.82, 2.24) is 9.97 Å². The van der Waals surface area contributed by atoms with E-state index >= 15 is 0 Å². The van der Waals surface area contributed by atoms with Gasteiger partial charge in [0.15, 0.2) is 0 Å². The average Bonchev–Trinajstić information content (AvgIpc) is 2.67. The number of carbonyl (C=O) groups is 1. The van der Waals surface area contributed by atoms with Gasteiger partial charge in [-0.15, -0.1) is 0 Å². The molecule has 0 saturated carbocycles. The monoisotopic (exact) mass is 461 g/mol. The summed E-state index contributed by atoms with van der Waals surface area (Å²) in [6, 6.07) is 13.1. The molecule has 0 radical (unpaired) electrons. The largest absolute Gasteiger partial charge is 0.322 e. The Morgan fingerprint density at radius 3 is 2.26 bits per heavy atom. The quantitative estimate of drug-likeness (QED) is 0.489. The van der Waals surface area contributed by atoms with E-state index in [2.05, 4.69) is 24.7 Å². The Morgan fingerprint density at radius 1 is 0.903 bits per heavy atom. The van der Waals surface area contributed by atoms with Crippen LogP contribution in [0.25, 0.3) is 0 Å². The van der Waals surface area contributed by atoms with Crippen LogP contribution in [-0.2, 0) is 20.0 Å². The Hall–Kier alpha value is -3.51. The summed E-state index contributed by atoms with van der Waals surface area (Å²) < 4.78 is 52.2. The van der Waals surface area contributed by atoms with Crippen LogP contribution < -0.4 is 14.8 Å². The number of nitrogens with zero attached hydrogens (tertiary/aromatic N) is 2. The molecule has 162 valence electrons. The topological polar surface area (TPSA) is 147 Å². The molecule has 0 fully saturated rings. The van der Waals surface area contributed by atoms with Crippen LogP contribution in [0.15, 0.2) is 65.7 Å². The van der Waals surface area contributed by atoms with E-state index in [4.69, 9.17) is 0 Å². The van der Waals surface area contributed by atoms with Gasteiger partial charge in [-0.3, -0.25) is 9.52 Å². The number of hydrogen-bond donors (Lipinski definition) is 3. The van der Waals surface area contributed by atoms with E-state index in [-0.39, 0.29) is 22.1 Å². The summed E-state index contributed by atoms with van der Waals surface area (Å²) in [5, 5.41) is 2.63. The van der Waals surface area contributed by atoms with Crippen molar-refractivity contribution in [2.24, 2.45) is 0 Å². The van der Waals surface area contributed by atoms with E-state index in [9.17, 15) is 21.6 Å². The van der Waals surface area contributed by atoms with E-state index in [1.807, 2.05) is 0 Å². The van der Waals surface area contributed by atoms with Crippen molar-refractivity contribution < 1.29 is 21.6 Å². The SMILES string of the molecule is Cc1ccnc(NS(=O)(=O)c2ccc(NC(=O)c3cccc(NS(C)(=O)=O)c3)cc2)n1. The highest BCUT2D eigenvalue weighted by Crippen LogP contribution is 2.18. The maximum atomic E-state index is 12.5. The molecule has 0 aliphatic rings. The lowest BCUT2D eigenvalue weighted by Crippen LogP contribution is -2.16. The first-order valence-electron chi connectivity index (χ1n) is 8.84. The number of sulfonamides is 2. The molecule has 1 amide bonds. The zero-order valence-corrected chi connectivity index (χ0v) is 18.2. The zero-order chi connectivity index (χ0) is 22.6. The second kappa shape index (κ2) is 8.70. The Balaban J connectivity index is 1.72. The van der Waals surface area contributed by atoms with E-state index < -0.39 is 26.0 Å². The van der Waals surface area contributed by atoms with Gasteiger partial charge in [-0.2, -0.15) is 0 Å². The van der Waals surface area contributed by atoms with Crippen molar-refractivity contribution >= 4 is 43.3 Å². The van der Waals surface area contributed by atoms with Crippen LogP contribution in [0, 0.1) is 6.92 Å². The van der Waals surface area contributed by atoms with Gasteiger partial charge in [0.05, 0.1) is 11.2 Å². The van der Waals surface area contributed by atoms with Gasteiger partial charge in [-0.1, -0.05) is 6.07 Å². The van der Waals surface area contributed by atoms with Gasteiger partial charge in [0.1, 0.15) is 0 Å². The molecule has 0 spiro atoms. The first-order chi connectivity index (χ1) is 14.5. The normalized spacial score (nSPS) is 11.5. The Bertz CT molecular complexity index is 1320. The summed E-state index contributed by atoms with van der Waals surface area (Å²) in [4.78, 5) is 20.3. The number of amides is 1. The average molecular weight is 462 g/mol. The third-order valence-electron chi connectivity index (χ3n) is 3.87. The fraction of sp³-hybridized carbons (Fsp3) is 0.105. The van der Waals surface area contributed by atoms with E-state index in [1.165, 1.54) is 54.7 Å². The number of aromatic nitrogens is 2. The number of hydrogen-bond acceptors (Lipinski definition) is 7. The fourth-order valence-corrected chi connectivity index (χ4v) is 4.04. The first-order valence-corrected chi connectivity index (χ1v) is 12.2. The van der Waals surface area contributed by atoms with Crippen molar-refractivity contribution in [3.8, 4) is 0 Å². The Labute approximate surface area is 179 Å². The summed E-state index contributed by atoms with van der Waals surface area (Å²) in [6.45, 7) is 1.71. The molecule has 31 heavy (non-hydrogen) atoms. The lowest BCUT2D eigenvalue weighted by atomic mass is 10.2. The van der Waals surface area contributed by atoms with Crippen molar-refractivity contribution in [2.45, 2.75) is 11.8 Å². The van der Waals surface area contributed by atoms with Crippen LogP contribution in [0.2, 0.25) is 0 Å². The summed E-state index contributed by atoms with van der Waals surface area (Å²) >= 11 is 0. The standard InChI is InChI=1S/C19H19N5O5S2/c1-13-10-11-20-19(21-13)24-31(28,29)17-8-6-15(7-9-17)22-18(25)14-4-3-5-16(12-14)23-30(2,26)27/h3-12,23H,1-2H3,(H,22,25)(H,20,21,24). The minimum absolute atomic E-state index is 0.0324. The predicted octanol–water partition coefficient (Wildman–Crippen LogP) is 2.21. The second-order valence-electron chi connectivity index (χ2n) is 6.56. The molecule has 3 aromatic rings. The van der Waals surface area contributed by atoms with Crippen LogP contribution >= 0.6 is 0 Å². The van der Waals surface area contributed by atoms with Gasteiger partial charge >= 0.3 is 0 Å². The number of anilines is 3. The van der Waals surface area contributed by atoms with Gasteiger partial charge in [0, 0.05) is 28.8 Å². The Morgan fingerprint density at radius 2 is 1.61 bits per heavy atom. The maximum absolute atomic E-state index is 12.5. The van der Waals surface area contributed by atoms with Crippen LogP contribution in [0.5, 0.6) is 0 Å². The van der Waals surface area contributed by atoms with Crippen LogP contribution in [-0.4, -0.2) is 39.0 Å². The zero-order valence-electron chi connectivity index (χ0n) is 16.5. The fourth-order valence-electron chi connectivity index (χ4n) is 2.54. The third kappa shape index (κ3) is 6.23. The highest BCUT2D eigenvalue weighted by molar-refractivity contribution is 7.92. The highest BCUT2D eigenvalue weighted by Gasteiger charge is 2.16. The molecule has 0 unspecified atom stereocenters. The summed E-state index contributed by atoms with van der Waals surface area (Å²) in [7, 11) is -7.38. The lowest BCUT2D eigenvalue weighted by molar-refractivity contribution is 0.102. The maximum Gasteiger partial charge on any atom is 0.264 e. The predicted molar refractivity (Wildman–Crippen MR) is 117 cm³/mol. The number of benzene rings is 2. The van der Waals surface area contributed by atoms with Gasteiger partial charge in [0.25, 0.3) is 15.9 Å². The molecule has 1 aromatic heterocycles. The van der Waals surface area contributed by atoms with Gasteiger partial charge in [0.2, 0.25) is 16.0 Å². The minimum atomic E-state index is -3.90. The number of rotatable bonds is 7. The van der Waals surface area contributed by atoms with Gasteiger partial charge in [-0.25, -0.2) is 31.5 Å². The summed E-state index contributed by atoms with van der Waals surface area (Å²) in [6.07, 6.45) is 2.45. The molecule has 1 heterocycles.